The number of anilines is 1. The Kier molecular flexibility index (Phi) is 4.97. The monoisotopic (exact) mass is 281 g/mol. The summed E-state index contributed by atoms with van der Waals surface area (Å²) in [6, 6.07) is 3.42. The fraction of sp³-hybridized carbons (Fsp3) is 0.333. The van der Waals surface area contributed by atoms with Gasteiger partial charge in [-0.2, -0.15) is 5.26 Å². The minimum absolute atomic E-state index is 0.0641. The zero-order chi connectivity index (χ0) is 15.3. The summed E-state index contributed by atoms with van der Waals surface area (Å²) in [5.41, 5.74) is -1.44. The Balaban J connectivity index is 3.34. The van der Waals surface area contributed by atoms with Gasteiger partial charge >= 0.3 is 5.97 Å². The number of carbonyl (C=O) groups is 1. The van der Waals surface area contributed by atoms with Crippen LogP contribution < -0.4 is 4.90 Å². The molecule has 0 aliphatic rings. The second-order valence-corrected chi connectivity index (χ2v) is 3.87. The number of carboxylic acids is 1. The van der Waals surface area contributed by atoms with Crippen LogP contribution in [0.1, 0.15) is 23.7 Å². The first-order valence-electron chi connectivity index (χ1n) is 5.75. The maximum Gasteiger partial charge on any atom is 0.342 e. The van der Waals surface area contributed by atoms with Gasteiger partial charge in [0.1, 0.15) is 5.56 Å². The summed E-state index contributed by atoms with van der Waals surface area (Å²) in [5, 5.41) is 28.2. The average Bonchev–Trinajstić information content (AvgIpc) is 2.40. The molecular weight excluding hydrogens is 269 g/mol. The summed E-state index contributed by atoms with van der Waals surface area (Å²) in [4.78, 5) is 22.2. The molecule has 1 N–H and O–H groups in total. The maximum atomic E-state index is 13.9. The van der Waals surface area contributed by atoms with Crippen LogP contribution >= 0.6 is 0 Å². The molecule has 106 valence electrons. The third kappa shape index (κ3) is 3.20. The Morgan fingerprint density at radius 1 is 1.60 bits per heavy atom. The number of carboxylic acid groups (broad SMARTS) is 1. The van der Waals surface area contributed by atoms with Crippen LogP contribution in [-0.2, 0) is 0 Å². The number of nitrogens with zero attached hydrogens (tertiary/aromatic N) is 3. The highest BCUT2D eigenvalue weighted by Gasteiger charge is 2.24. The number of benzene rings is 1. The molecule has 0 spiro atoms. The highest BCUT2D eigenvalue weighted by molar-refractivity contribution is 5.93. The summed E-state index contributed by atoms with van der Waals surface area (Å²) < 4.78 is 13.9. The molecule has 0 unspecified atom stereocenters. The van der Waals surface area contributed by atoms with E-state index in [-0.39, 0.29) is 18.7 Å². The summed E-state index contributed by atoms with van der Waals surface area (Å²) in [6.45, 7) is 2.26. The van der Waals surface area contributed by atoms with Crippen molar-refractivity contribution in [3.63, 3.8) is 0 Å². The van der Waals surface area contributed by atoms with Crippen LogP contribution in [-0.4, -0.2) is 29.1 Å². The molecule has 0 aliphatic carbocycles. The van der Waals surface area contributed by atoms with E-state index < -0.39 is 28.0 Å². The minimum Gasteiger partial charge on any atom is -0.477 e. The summed E-state index contributed by atoms with van der Waals surface area (Å²) in [7, 11) is 0. The zero-order valence-corrected chi connectivity index (χ0v) is 10.7. The Morgan fingerprint density at radius 2 is 2.25 bits per heavy atom. The molecule has 7 nitrogen and oxygen atoms in total. The third-order valence-electron chi connectivity index (χ3n) is 2.71. The highest BCUT2D eigenvalue weighted by atomic mass is 19.1. The second-order valence-electron chi connectivity index (χ2n) is 3.87. The molecule has 0 saturated heterocycles. The SMILES string of the molecule is CCN(CCC#N)c1cc(C(=O)O)c([N+](=O)[O-])cc1F. The molecule has 0 fully saturated rings. The first-order valence-corrected chi connectivity index (χ1v) is 5.75. The van der Waals surface area contributed by atoms with Crippen molar-refractivity contribution in [1.82, 2.24) is 0 Å². The predicted molar refractivity (Wildman–Crippen MR) is 68.1 cm³/mol. The van der Waals surface area contributed by atoms with Gasteiger partial charge in [0.2, 0.25) is 0 Å². The number of rotatable bonds is 6. The Labute approximate surface area is 114 Å². The van der Waals surface area contributed by atoms with Crippen molar-refractivity contribution in [3.8, 4) is 6.07 Å². The lowest BCUT2D eigenvalue weighted by molar-refractivity contribution is -0.385. The van der Waals surface area contributed by atoms with E-state index in [9.17, 15) is 19.3 Å². The van der Waals surface area contributed by atoms with E-state index in [1.54, 1.807) is 6.92 Å². The highest BCUT2D eigenvalue weighted by Crippen LogP contribution is 2.28. The summed E-state index contributed by atoms with van der Waals surface area (Å²) >= 11 is 0. The van der Waals surface area contributed by atoms with E-state index >= 15 is 0 Å². The van der Waals surface area contributed by atoms with Gasteiger partial charge < -0.3 is 10.0 Å². The van der Waals surface area contributed by atoms with Crippen LogP contribution in [0.25, 0.3) is 0 Å². The molecule has 1 aromatic carbocycles. The minimum atomic E-state index is -1.51. The number of nitro groups is 1. The predicted octanol–water partition coefficient (Wildman–Crippen LogP) is 2.17. The first-order chi connectivity index (χ1) is 9.42. The molecule has 0 aliphatic heterocycles. The second kappa shape index (κ2) is 6.47. The van der Waals surface area contributed by atoms with Gasteiger partial charge in [0.25, 0.3) is 5.69 Å². The van der Waals surface area contributed by atoms with Crippen molar-refractivity contribution in [2.24, 2.45) is 0 Å². The lowest BCUT2D eigenvalue weighted by Gasteiger charge is -2.22. The quantitative estimate of drug-likeness (QED) is 0.632. The molecular formula is C12H12FN3O4. The van der Waals surface area contributed by atoms with Crippen LogP contribution in [0.3, 0.4) is 0 Å². The molecule has 0 bridgehead atoms. The maximum absolute atomic E-state index is 13.9. The molecule has 1 aromatic rings. The van der Waals surface area contributed by atoms with Crippen molar-refractivity contribution >= 4 is 17.3 Å². The van der Waals surface area contributed by atoms with Gasteiger partial charge in [-0.05, 0) is 13.0 Å². The van der Waals surface area contributed by atoms with Crippen LogP contribution in [0.15, 0.2) is 12.1 Å². The van der Waals surface area contributed by atoms with E-state index in [2.05, 4.69) is 0 Å². The molecule has 20 heavy (non-hydrogen) atoms. The molecule has 0 atom stereocenters. The van der Waals surface area contributed by atoms with Gasteiger partial charge in [-0.25, -0.2) is 9.18 Å². The summed E-state index contributed by atoms with van der Waals surface area (Å²) in [6.07, 6.45) is 0.132. The van der Waals surface area contributed by atoms with E-state index in [4.69, 9.17) is 10.4 Å². The first kappa shape index (κ1) is 15.4. The normalized spacial score (nSPS) is 9.85. The van der Waals surface area contributed by atoms with Gasteiger partial charge in [-0.3, -0.25) is 10.1 Å². The number of hydrogen-bond acceptors (Lipinski definition) is 5. The van der Waals surface area contributed by atoms with Gasteiger partial charge in [0, 0.05) is 13.1 Å². The number of hydrogen-bond donors (Lipinski definition) is 1. The Bertz CT molecular complexity index is 583. The van der Waals surface area contributed by atoms with Crippen LogP contribution in [0.4, 0.5) is 15.8 Å². The molecule has 0 radical (unpaired) electrons. The van der Waals surface area contributed by atoms with Gasteiger partial charge in [0.15, 0.2) is 5.82 Å². The van der Waals surface area contributed by atoms with E-state index in [0.29, 0.717) is 12.6 Å². The smallest absolute Gasteiger partial charge is 0.342 e. The molecule has 0 amide bonds. The van der Waals surface area contributed by atoms with E-state index in [0.717, 1.165) is 6.07 Å². The molecule has 8 heteroatoms. The van der Waals surface area contributed by atoms with Gasteiger partial charge in [0.05, 0.1) is 29.2 Å². The van der Waals surface area contributed by atoms with Crippen molar-refractivity contribution in [2.75, 3.05) is 18.0 Å². The molecule has 1 rings (SSSR count). The summed E-state index contributed by atoms with van der Waals surface area (Å²) in [5.74, 6) is -2.39. The number of halogens is 1. The molecule has 0 saturated carbocycles. The van der Waals surface area contributed by atoms with Gasteiger partial charge in [-0.15, -0.1) is 0 Å². The van der Waals surface area contributed by atoms with Crippen molar-refractivity contribution in [2.45, 2.75) is 13.3 Å². The van der Waals surface area contributed by atoms with Gasteiger partial charge in [-0.1, -0.05) is 0 Å². The van der Waals surface area contributed by atoms with Crippen molar-refractivity contribution < 1.29 is 19.2 Å². The van der Waals surface area contributed by atoms with Crippen molar-refractivity contribution in [1.29, 1.82) is 5.26 Å². The Morgan fingerprint density at radius 3 is 2.70 bits per heavy atom. The lowest BCUT2D eigenvalue weighted by Crippen LogP contribution is -2.25. The van der Waals surface area contributed by atoms with Crippen LogP contribution in [0.5, 0.6) is 0 Å². The topological polar surface area (TPSA) is 107 Å². The lowest BCUT2D eigenvalue weighted by atomic mass is 10.1. The zero-order valence-electron chi connectivity index (χ0n) is 10.7. The number of nitro benzene ring substituents is 1. The fourth-order valence-corrected chi connectivity index (χ4v) is 1.75. The molecule has 0 aromatic heterocycles. The fourth-order valence-electron chi connectivity index (χ4n) is 1.75. The van der Waals surface area contributed by atoms with E-state index in [1.807, 2.05) is 6.07 Å². The molecule has 0 heterocycles. The standard InChI is InChI=1S/C12H12FN3O4/c1-2-15(5-3-4-14)11-6-8(12(17)18)10(16(19)20)7-9(11)13/h6-7H,2-3,5H2,1H3,(H,17,18). The van der Waals surface area contributed by atoms with Crippen molar-refractivity contribution in [3.05, 3.63) is 33.6 Å². The number of nitriles is 1. The largest absolute Gasteiger partial charge is 0.477 e. The average molecular weight is 281 g/mol. The van der Waals surface area contributed by atoms with Crippen LogP contribution in [0, 0.1) is 27.3 Å². The Hall–Kier alpha value is -2.69. The third-order valence-corrected chi connectivity index (χ3v) is 2.71. The van der Waals surface area contributed by atoms with E-state index in [1.165, 1.54) is 4.90 Å². The van der Waals surface area contributed by atoms with Crippen LogP contribution in [0.2, 0.25) is 0 Å². The number of aromatic carboxylic acids is 1.